The van der Waals surface area contributed by atoms with Crippen LogP contribution in [0.1, 0.15) is 0 Å². The van der Waals surface area contributed by atoms with Gasteiger partial charge in [0.25, 0.3) is 0 Å². The Morgan fingerprint density at radius 1 is 0.700 bits per heavy atom. The van der Waals surface area contributed by atoms with E-state index in [4.69, 9.17) is 0 Å². The van der Waals surface area contributed by atoms with Crippen LogP contribution in [0.2, 0.25) is 0 Å². The van der Waals surface area contributed by atoms with E-state index in [0.29, 0.717) is 18.2 Å². The molecule has 0 aliphatic rings. The summed E-state index contributed by atoms with van der Waals surface area (Å²) in [6, 6.07) is 7.81. The van der Waals surface area contributed by atoms with Crippen molar-refractivity contribution in [3.63, 3.8) is 0 Å². The summed E-state index contributed by atoms with van der Waals surface area (Å²) in [6.45, 7) is 0. The third-order valence-corrected chi connectivity index (χ3v) is 6.19. The number of benzene rings is 3. The van der Waals surface area contributed by atoms with Crippen LogP contribution in [0.4, 0.5) is 22.0 Å². The molecule has 0 N–H and O–H groups in total. The summed E-state index contributed by atoms with van der Waals surface area (Å²) in [5.74, 6) is -5.26. The summed E-state index contributed by atoms with van der Waals surface area (Å²) in [5.41, 5.74) is -0.0916. The number of aromatic nitrogens is 1. The normalized spacial score (nSPS) is 11.8. The van der Waals surface area contributed by atoms with Crippen LogP contribution in [0.5, 0.6) is 0 Å². The molecule has 0 spiro atoms. The van der Waals surface area contributed by atoms with Crippen molar-refractivity contribution in [2.75, 3.05) is 0 Å². The van der Waals surface area contributed by atoms with E-state index in [2.05, 4.69) is 4.98 Å². The second kappa shape index (κ2) is 7.17. The minimum atomic E-state index is -4.54. The number of fused-ring (bicyclic) bond motifs is 1. The number of rotatable bonds is 3. The Balaban J connectivity index is 2.09. The molecule has 0 amide bonds. The minimum absolute atomic E-state index is 0.0386. The predicted octanol–water partition coefficient (Wildman–Crippen LogP) is 5.43. The van der Waals surface area contributed by atoms with Gasteiger partial charge in [0, 0.05) is 29.3 Å². The second-order valence-electron chi connectivity index (χ2n) is 6.40. The molecule has 1 heterocycles. The van der Waals surface area contributed by atoms with Gasteiger partial charge in [-0.3, -0.25) is 4.98 Å². The molecule has 3 aromatic carbocycles. The standard InChI is InChI=1S/C21H10F5NO2S/c22-12-2-3-16-19(9-12)27-10-20(21(16)11-1-4-17(25)18(26)5-11)30(28,29)15-7-13(23)6-14(24)8-15/h1-10H. The van der Waals surface area contributed by atoms with Crippen LogP contribution in [0.25, 0.3) is 22.0 Å². The van der Waals surface area contributed by atoms with E-state index in [9.17, 15) is 30.4 Å². The Morgan fingerprint density at radius 3 is 2.07 bits per heavy atom. The molecule has 30 heavy (non-hydrogen) atoms. The molecule has 1 aromatic heterocycles. The lowest BCUT2D eigenvalue weighted by molar-refractivity contribution is 0.509. The molecule has 9 heteroatoms. The Hall–Kier alpha value is -3.33. The highest BCUT2D eigenvalue weighted by atomic mass is 32.2. The van der Waals surface area contributed by atoms with Crippen molar-refractivity contribution in [2.45, 2.75) is 9.79 Å². The summed E-state index contributed by atoms with van der Waals surface area (Å²) in [7, 11) is -4.54. The summed E-state index contributed by atoms with van der Waals surface area (Å²) in [4.78, 5) is 2.74. The summed E-state index contributed by atoms with van der Waals surface area (Å²) in [5, 5.41) is 0.125. The smallest absolute Gasteiger partial charge is 0.208 e. The number of nitrogens with zero attached hydrogens (tertiary/aromatic N) is 1. The molecule has 4 aromatic rings. The molecule has 0 radical (unpaired) electrons. The number of hydrogen-bond donors (Lipinski definition) is 0. The van der Waals surface area contributed by atoms with Crippen molar-refractivity contribution in [1.29, 1.82) is 0 Å². The van der Waals surface area contributed by atoms with E-state index < -0.39 is 48.7 Å². The van der Waals surface area contributed by atoms with Gasteiger partial charge in [-0.2, -0.15) is 0 Å². The van der Waals surface area contributed by atoms with E-state index in [0.717, 1.165) is 36.5 Å². The molecule has 3 nitrogen and oxygen atoms in total. The van der Waals surface area contributed by atoms with Gasteiger partial charge >= 0.3 is 0 Å². The van der Waals surface area contributed by atoms with Gasteiger partial charge in [0.15, 0.2) is 11.6 Å². The summed E-state index contributed by atoms with van der Waals surface area (Å²) >= 11 is 0. The van der Waals surface area contributed by atoms with Gasteiger partial charge in [-0.05, 0) is 42.0 Å². The molecule has 0 fully saturated rings. The average Bonchev–Trinajstić information content (AvgIpc) is 2.68. The first-order valence-electron chi connectivity index (χ1n) is 8.42. The van der Waals surface area contributed by atoms with E-state index in [1.165, 1.54) is 6.07 Å². The third-order valence-electron chi connectivity index (χ3n) is 4.44. The van der Waals surface area contributed by atoms with Gasteiger partial charge in [0.2, 0.25) is 9.84 Å². The van der Waals surface area contributed by atoms with E-state index in [1.807, 2.05) is 0 Å². The largest absolute Gasteiger partial charge is 0.255 e. The zero-order chi connectivity index (χ0) is 21.6. The first kappa shape index (κ1) is 20.0. The molecule has 4 rings (SSSR count). The average molecular weight is 435 g/mol. The lowest BCUT2D eigenvalue weighted by Crippen LogP contribution is -2.07. The molecule has 0 aliphatic carbocycles. The third kappa shape index (κ3) is 3.41. The van der Waals surface area contributed by atoms with Crippen molar-refractivity contribution in [2.24, 2.45) is 0 Å². The molecule has 0 atom stereocenters. The summed E-state index contributed by atoms with van der Waals surface area (Å²) < 4.78 is 94.6. The number of sulfone groups is 1. The highest BCUT2D eigenvalue weighted by Crippen LogP contribution is 2.37. The fourth-order valence-corrected chi connectivity index (χ4v) is 4.59. The van der Waals surface area contributed by atoms with Crippen molar-refractivity contribution in [3.05, 3.63) is 89.9 Å². The summed E-state index contributed by atoms with van der Waals surface area (Å²) in [6.07, 6.45) is 0.885. The van der Waals surface area contributed by atoms with Crippen LogP contribution in [0.3, 0.4) is 0 Å². The minimum Gasteiger partial charge on any atom is -0.255 e. The SMILES string of the molecule is O=S(=O)(c1cc(F)cc(F)c1)c1cnc2cc(F)ccc2c1-c1ccc(F)c(F)c1. The van der Waals surface area contributed by atoms with Gasteiger partial charge in [0.1, 0.15) is 17.5 Å². The fraction of sp³-hybridized carbons (Fsp3) is 0. The zero-order valence-electron chi connectivity index (χ0n) is 14.8. The van der Waals surface area contributed by atoms with Gasteiger partial charge in [-0.25, -0.2) is 30.4 Å². The molecular formula is C21H10F5NO2S. The number of halogens is 5. The lowest BCUT2D eigenvalue weighted by atomic mass is 10.0. The Kier molecular flexibility index (Phi) is 4.77. The first-order valence-corrected chi connectivity index (χ1v) is 9.90. The Bertz CT molecular complexity index is 1400. The fourth-order valence-electron chi connectivity index (χ4n) is 3.11. The Labute approximate surface area is 167 Å². The van der Waals surface area contributed by atoms with E-state index in [-0.39, 0.29) is 22.0 Å². The highest BCUT2D eigenvalue weighted by molar-refractivity contribution is 7.91. The molecule has 0 aliphatic heterocycles. The maximum absolute atomic E-state index is 13.9. The molecule has 152 valence electrons. The molecule has 0 bridgehead atoms. The second-order valence-corrected chi connectivity index (χ2v) is 8.31. The monoisotopic (exact) mass is 435 g/mol. The van der Waals surface area contributed by atoms with Gasteiger partial charge in [0.05, 0.1) is 15.3 Å². The van der Waals surface area contributed by atoms with Crippen molar-refractivity contribution >= 4 is 20.7 Å². The first-order chi connectivity index (χ1) is 14.2. The van der Waals surface area contributed by atoms with Crippen molar-refractivity contribution in [1.82, 2.24) is 4.98 Å². The van der Waals surface area contributed by atoms with E-state index in [1.54, 1.807) is 0 Å². The maximum atomic E-state index is 13.9. The number of hydrogen-bond acceptors (Lipinski definition) is 3. The van der Waals surface area contributed by atoms with E-state index >= 15 is 0 Å². The molecule has 0 saturated carbocycles. The Morgan fingerprint density at radius 2 is 1.40 bits per heavy atom. The van der Waals surface area contributed by atoms with Crippen LogP contribution in [0, 0.1) is 29.1 Å². The molecular weight excluding hydrogens is 425 g/mol. The van der Waals surface area contributed by atoms with Crippen molar-refractivity contribution in [3.8, 4) is 11.1 Å². The predicted molar refractivity (Wildman–Crippen MR) is 98.9 cm³/mol. The molecule has 0 unspecified atom stereocenters. The number of pyridine rings is 1. The zero-order valence-corrected chi connectivity index (χ0v) is 15.7. The van der Waals surface area contributed by atoms with Gasteiger partial charge in [-0.15, -0.1) is 0 Å². The van der Waals surface area contributed by atoms with Gasteiger partial charge in [-0.1, -0.05) is 6.07 Å². The topological polar surface area (TPSA) is 47.0 Å². The van der Waals surface area contributed by atoms with Crippen LogP contribution in [0.15, 0.2) is 70.6 Å². The maximum Gasteiger partial charge on any atom is 0.208 e. The highest BCUT2D eigenvalue weighted by Gasteiger charge is 2.26. The van der Waals surface area contributed by atoms with Crippen LogP contribution in [-0.2, 0) is 9.84 Å². The quantitative estimate of drug-likeness (QED) is 0.403. The lowest BCUT2D eigenvalue weighted by Gasteiger charge is -2.14. The van der Waals surface area contributed by atoms with Crippen LogP contribution in [-0.4, -0.2) is 13.4 Å². The van der Waals surface area contributed by atoms with Crippen molar-refractivity contribution < 1.29 is 30.4 Å². The van der Waals surface area contributed by atoms with Crippen LogP contribution < -0.4 is 0 Å². The van der Waals surface area contributed by atoms with Gasteiger partial charge < -0.3 is 0 Å². The molecule has 0 saturated heterocycles. The van der Waals surface area contributed by atoms with Crippen LogP contribution >= 0.6 is 0 Å².